The fourth-order valence-electron chi connectivity index (χ4n) is 2.94. The predicted octanol–water partition coefficient (Wildman–Crippen LogP) is 2.56. The Labute approximate surface area is 163 Å². The summed E-state index contributed by atoms with van der Waals surface area (Å²) in [6, 6.07) is 5.52. The van der Waals surface area contributed by atoms with Crippen LogP contribution in [0.5, 0.6) is 11.6 Å². The van der Waals surface area contributed by atoms with E-state index < -0.39 is 6.10 Å². The van der Waals surface area contributed by atoms with Crippen LogP contribution < -0.4 is 14.4 Å². The Bertz CT molecular complexity index is 809. The van der Waals surface area contributed by atoms with Crippen LogP contribution in [0.25, 0.3) is 0 Å². The third-order valence-corrected chi connectivity index (χ3v) is 4.77. The number of benzene rings is 1. The van der Waals surface area contributed by atoms with E-state index in [1.54, 1.807) is 37.4 Å². The monoisotopic (exact) mass is 390 g/mol. The number of carbonyl (C=O) groups is 1. The minimum Gasteiger partial charge on any atom is -0.480 e. The lowest BCUT2D eigenvalue weighted by Gasteiger charge is -2.36. The van der Waals surface area contributed by atoms with Gasteiger partial charge in [-0.25, -0.2) is 0 Å². The molecule has 0 bridgehead atoms. The molecule has 0 spiro atoms. The number of hydrogen-bond acceptors (Lipinski definition) is 6. The lowest BCUT2D eigenvalue weighted by molar-refractivity contribution is -0.138. The quantitative estimate of drug-likeness (QED) is 0.781. The van der Waals surface area contributed by atoms with Gasteiger partial charge in [0, 0.05) is 26.2 Å². The van der Waals surface area contributed by atoms with E-state index in [1.165, 1.54) is 0 Å². The van der Waals surface area contributed by atoms with Crippen molar-refractivity contribution in [2.75, 3.05) is 38.2 Å². The largest absolute Gasteiger partial charge is 0.480 e. The third-order valence-electron chi connectivity index (χ3n) is 4.46. The van der Waals surface area contributed by atoms with Gasteiger partial charge in [0.05, 0.1) is 24.5 Å². The SMILES string of the molecule is COc1cncc(N2CCN(C(=O)C(C)Oc3cc(C)ccc3Cl)CC2)n1. The van der Waals surface area contributed by atoms with Gasteiger partial charge in [0.15, 0.2) is 11.9 Å². The van der Waals surface area contributed by atoms with Crippen molar-refractivity contribution in [1.29, 1.82) is 0 Å². The number of aromatic nitrogens is 2. The number of anilines is 1. The number of hydrogen-bond donors (Lipinski definition) is 0. The summed E-state index contributed by atoms with van der Waals surface area (Å²) in [5.41, 5.74) is 1.03. The van der Waals surface area contributed by atoms with Crippen LogP contribution in [0, 0.1) is 6.92 Å². The smallest absolute Gasteiger partial charge is 0.263 e. The van der Waals surface area contributed by atoms with Crippen LogP contribution in [0.2, 0.25) is 5.02 Å². The zero-order valence-corrected chi connectivity index (χ0v) is 16.4. The Morgan fingerprint density at radius 3 is 2.67 bits per heavy atom. The van der Waals surface area contributed by atoms with Crippen molar-refractivity contribution in [3.63, 3.8) is 0 Å². The normalized spacial score (nSPS) is 15.4. The van der Waals surface area contributed by atoms with Gasteiger partial charge in [-0.05, 0) is 31.5 Å². The molecule has 0 aliphatic carbocycles. The number of ether oxygens (including phenoxy) is 2. The second-order valence-corrected chi connectivity index (χ2v) is 6.83. The molecule has 1 aromatic heterocycles. The van der Waals surface area contributed by atoms with Crippen LogP contribution >= 0.6 is 11.6 Å². The molecule has 1 saturated heterocycles. The fourth-order valence-corrected chi connectivity index (χ4v) is 3.11. The molecule has 1 aromatic carbocycles. The molecule has 1 atom stereocenters. The van der Waals surface area contributed by atoms with Crippen LogP contribution in [0.4, 0.5) is 5.82 Å². The Morgan fingerprint density at radius 2 is 1.96 bits per heavy atom. The van der Waals surface area contributed by atoms with Crippen LogP contribution in [0.3, 0.4) is 0 Å². The summed E-state index contributed by atoms with van der Waals surface area (Å²) < 4.78 is 10.9. The highest BCUT2D eigenvalue weighted by Crippen LogP contribution is 2.26. The molecule has 1 fully saturated rings. The van der Waals surface area contributed by atoms with Gasteiger partial charge in [-0.2, -0.15) is 4.98 Å². The van der Waals surface area contributed by atoms with E-state index in [0.717, 1.165) is 11.4 Å². The topological polar surface area (TPSA) is 67.8 Å². The van der Waals surface area contributed by atoms with Gasteiger partial charge in [0.25, 0.3) is 5.91 Å². The second-order valence-electron chi connectivity index (χ2n) is 6.43. The minimum atomic E-state index is -0.604. The molecule has 2 aromatic rings. The lowest BCUT2D eigenvalue weighted by atomic mass is 10.2. The molecule has 0 N–H and O–H groups in total. The number of carbonyl (C=O) groups excluding carboxylic acids is 1. The molecule has 0 saturated carbocycles. The summed E-state index contributed by atoms with van der Waals surface area (Å²) >= 11 is 6.16. The number of amides is 1. The first-order valence-electron chi connectivity index (χ1n) is 8.80. The number of methoxy groups -OCH3 is 1. The van der Waals surface area contributed by atoms with E-state index in [-0.39, 0.29) is 5.91 Å². The van der Waals surface area contributed by atoms with Crippen LogP contribution in [0.15, 0.2) is 30.6 Å². The van der Waals surface area contributed by atoms with Gasteiger partial charge >= 0.3 is 0 Å². The fraction of sp³-hybridized carbons (Fsp3) is 0.421. The van der Waals surface area contributed by atoms with E-state index in [9.17, 15) is 4.79 Å². The summed E-state index contributed by atoms with van der Waals surface area (Å²) in [7, 11) is 1.56. The van der Waals surface area contributed by atoms with Crippen molar-refractivity contribution >= 4 is 23.3 Å². The first-order valence-corrected chi connectivity index (χ1v) is 9.18. The summed E-state index contributed by atoms with van der Waals surface area (Å²) in [6.07, 6.45) is 2.66. The number of halogens is 1. The molecule has 1 aliphatic rings. The first kappa shape index (κ1) is 19.2. The molecule has 2 heterocycles. The Balaban J connectivity index is 1.58. The molecule has 1 aliphatic heterocycles. The molecule has 144 valence electrons. The Hall–Kier alpha value is -2.54. The Morgan fingerprint density at radius 1 is 1.22 bits per heavy atom. The van der Waals surface area contributed by atoms with Gasteiger partial charge in [-0.15, -0.1) is 0 Å². The number of aryl methyl sites for hydroxylation is 1. The van der Waals surface area contributed by atoms with E-state index in [1.807, 2.05) is 19.1 Å². The average molecular weight is 391 g/mol. The number of piperazine rings is 1. The maximum absolute atomic E-state index is 12.7. The highest BCUT2D eigenvalue weighted by Gasteiger charge is 2.27. The zero-order chi connectivity index (χ0) is 19.4. The Kier molecular flexibility index (Phi) is 6.01. The van der Waals surface area contributed by atoms with Crippen molar-refractivity contribution in [1.82, 2.24) is 14.9 Å². The van der Waals surface area contributed by atoms with E-state index in [0.29, 0.717) is 42.8 Å². The van der Waals surface area contributed by atoms with Crippen LogP contribution in [-0.2, 0) is 4.79 Å². The van der Waals surface area contributed by atoms with Crippen LogP contribution in [-0.4, -0.2) is 60.2 Å². The minimum absolute atomic E-state index is 0.0519. The molecule has 8 heteroatoms. The molecule has 7 nitrogen and oxygen atoms in total. The van der Waals surface area contributed by atoms with Gasteiger partial charge < -0.3 is 19.3 Å². The third kappa shape index (κ3) is 4.60. The average Bonchev–Trinajstić information content (AvgIpc) is 2.70. The lowest BCUT2D eigenvalue weighted by Crippen LogP contribution is -2.52. The number of rotatable bonds is 5. The van der Waals surface area contributed by atoms with E-state index in [4.69, 9.17) is 21.1 Å². The van der Waals surface area contributed by atoms with Gasteiger partial charge in [0.1, 0.15) is 5.75 Å². The highest BCUT2D eigenvalue weighted by atomic mass is 35.5. The number of nitrogens with zero attached hydrogens (tertiary/aromatic N) is 4. The molecular formula is C19H23ClN4O3. The molecule has 3 rings (SSSR count). The summed E-state index contributed by atoms with van der Waals surface area (Å²) in [6.45, 7) is 6.23. The second kappa shape index (κ2) is 8.43. The standard InChI is InChI=1S/C19H23ClN4O3/c1-13-4-5-15(20)16(10-13)27-14(2)19(25)24-8-6-23(7-9-24)17-11-21-12-18(22-17)26-3/h4-5,10-12,14H,6-9H2,1-3H3. The molecule has 0 radical (unpaired) electrons. The zero-order valence-electron chi connectivity index (χ0n) is 15.7. The van der Waals surface area contributed by atoms with Crippen molar-refractivity contribution in [3.8, 4) is 11.6 Å². The van der Waals surface area contributed by atoms with Gasteiger partial charge in [0.2, 0.25) is 5.88 Å². The van der Waals surface area contributed by atoms with E-state index in [2.05, 4.69) is 14.9 Å². The highest BCUT2D eigenvalue weighted by molar-refractivity contribution is 6.32. The molecule has 27 heavy (non-hydrogen) atoms. The van der Waals surface area contributed by atoms with E-state index >= 15 is 0 Å². The van der Waals surface area contributed by atoms with Crippen molar-refractivity contribution in [3.05, 3.63) is 41.2 Å². The van der Waals surface area contributed by atoms with Gasteiger partial charge in [-0.1, -0.05) is 17.7 Å². The molecule has 1 unspecified atom stereocenters. The predicted molar refractivity (Wildman–Crippen MR) is 104 cm³/mol. The molecule has 1 amide bonds. The van der Waals surface area contributed by atoms with Crippen molar-refractivity contribution in [2.45, 2.75) is 20.0 Å². The van der Waals surface area contributed by atoms with Gasteiger partial charge in [-0.3, -0.25) is 9.78 Å². The first-order chi connectivity index (χ1) is 13.0. The maximum Gasteiger partial charge on any atom is 0.263 e. The molecular weight excluding hydrogens is 368 g/mol. The summed E-state index contributed by atoms with van der Waals surface area (Å²) in [4.78, 5) is 25.1. The summed E-state index contributed by atoms with van der Waals surface area (Å²) in [5, 5.41) is 0.502. The van der Waals surface area contributed by atoms with Crippen LogP contribution in [0.1, 0.15) is 12.5 Å². The van der Waals surface area contributed by atoms with Crippen molar-refractivity contribution in [2.24, 2.45) is 0 Å². The van der Waals surface area contributed by atoms with Crippen molar-refractivity contribution < 1.29 is 14.3 Å². The summed E-state index contributed by atoms with van der Waals surface area (Å²) in [5.74, 6) is 1.70. The maximum atomic E-state index is 12.7.